The molecule has 1 aromatic rings. The Kier molecular flexibility index (Phi) is 4.34. The Bertz CT molecular complexity index is 585. The van der Waals surface area contributed by atoms with Gasteiger partial charge in [-0.25, -0.2) is 9.18 Å². The van der Waals surface area contributed by atoms with E-state index in [1.54, 1.807) is 28.1 Å². The minimum atomic E-state index is -1.28. The zero-order valence-corrected chi connectivity index (χ0v) is 11.9. The standard InChI is InChI=1S/C14H15FN2O2S/c1-9(2)16-10-7-11(14(18)19)13(15)12(8-10)17-5-3-4-6-20-17/h3-9,16H,1-2H3,(H,18,19). The highest BCUT2D eigenvalue weighted by atomic mass is 32.2. The summed E-state index contributed by atoms with van der Waals surface area (Å²) >= 11 is 1.28. The lowest BCUT2D eigenvalue weighted by Gasteiger charge is -2.22. The third-order valence-electron chi connectivity index (χ3n) is 2.56. The highest BCUT2D eigenvalue weighted by Crippen LogP contribution is 2.33. The number of anilines is 2. The first-order valence-electron chi connectivity index (χ1n) is 6.11. The van der Waals surface area contributed by atoms with Crippen molar-refractivity contribution < 1.29 is 14.3 Å². The molecule has 0 unspecified atom stereocenters. The van der Waals surface area contributed by atoms with Crippen LogP contribution in [0.25, 0.3) is 0 Å². The number of rotatable bonds is 4. The normalized spacial score (nSPS) is 13.9. The van der Waals surface area contributed by atoms with Gasteiger partial charge in [0.2, 0.25) is 0 Å². The predicted molar refractivity (Wildman–Crippen MR) is 80.5 cm³/mol. The molecule has 20 heavy (non-hydrogen) atoms. The van der Waals surface area contributed by atoms with E-state index in [0.717, 1.165) is 0 Å². The molecule has 0 aliphatic carbocycles. The summed E-state index contributed by atoms with van der Waals surface area (Å²) in [6.07, 6.45) is 5.28. The summed E-state index contributed by atoms with van der Waals surface area (Å²) in [6, 6.07) is 3.05. The summed E-state index contributed by atoms with van der Waals surface area (Å²) in [4.78, 5) is 11.2. The predicted octanol–water partition coefficient (Wildman–Crippen LogP) is 3.84. The number of benzene rings is 1. The average Bonchev–Trinajstić information content (AvgIpc) is 2.40. The summed E-state index contributed by atoms with van der Waals surface area (Å²) in [5.74, 6) is -2.02. The molecule has 2 N–H and O–H groups in total. The Morgan fingerprint density at radius 2 is 2.15 bits per heavy atom. The quantitative estimate of drug-likeness (QED) is 0.826. The molecular formula is C14H15FN2O2S. The molecule has 0 amide bonds. The van der Waals surface area contributed by atoms with Gasteiger partial charge >= 0.3 is 5.97 Å². The number of allylic oxidation sites excluding steroid dienone is 2. The smallest absolute Gasteiger partial charge is 0.338 e. The molecule has 1 aliphatic heterocycles. The first-order valence-corrected chi connectivity index (χ1v) is 6.95. The Hall–Kier alpha value is -1.95. The van der Waals surface area contributed by atoms with Crippen LogP contribution in [-0.2, 0) is 0 Å². The fraction of sp³-hybridized carbons (Fsp3) is 0.214. The summed E-state index contributed by atoms with van der Waals surface area (Å²) in [6.45, 7) is 3.86. The molecule has 0 fully saturated rings. The van der Waals surface area contributed by atoms with E-state index in [1.165, 1.54) is 18.0 Å². The summed E-state index contributed by atoms with van der Waals surface area (Å²) in [5, 5.41) is 14.0. The van der Waals surface area contributed by atoms with E-state index in [4.69, 9.17) is 5.11 Å². The van der Waals surface area contributed by atoms with Crippen LogP contribution in [0.1, 0.15) is 24.2 Å². The Labute approximate surface area is 121 Å². The first-order chi connectivity index (χ1) is 9.49. The maximum atomic E-state index is 14.3. The molecule has 2 rings (SSSR count). The molecular weight excluding hydrogens is 279 g/mol. The van der Waals surface area contributed by atoms with E-state index in [-0.39, 0.29) is 17.3 Å². The zero-order chi connectivity index (χ0) is 14.7. The van der Waals surface area contributed by atoms with Crippen LogP contribution in [0.5, 0.6) is 0 Å². The molecule has 0 aromatic heterocycles. The van der Waals surface area contributed by atoms with Gasteiger partial charge in [0.15, 0.2) is 5.82 Å². The van der Waals surface area contributed by atoms with Crippen molar-refractivity contribution in [2.45, 2.75) is 19.9 Å². The van der Waals surface area contributed by atoms with Crippen LogP contribution < -0.4 is 9.62 Å². The minimum absolute atomic E-state index is 0.124. The van der Waals surface area contributed by atoms with Crippen molar-refractivity contribution in [1.29, 1.82) is 0 Å². The molecule has 1 aliphatic rings. The zero-order valence-electron chi connectivity index (χ0n) is 11.1. The highest BCUT2D eigenvalue weighted by Gasteiger charge is 2.20. The van der Waals surface area contributed by atoms with Crippen molar-refractivity contribution in [3.8, 4) is 0 Å². The van der Waals surface area contributed by atoms with Gasteiger partial charge in [0, 0.05) is 17.9 Å². The fourth-order valence-electron chi connectivity index (χ4n) is 1.79. The summed E-state index contributed by atoms with van der Waals surface area (Å²) in [7, 11) is 0. The summed E-state index contributed by atoms with van der Waals surface area (Å²) in [5.41, 5.74) is 0.463. The van der Waals surface area contributed by atoms with Gasteiger partial charge in [0.05, 0.1) is 11.3 Å². The van der Waals surface area contributed by atoms with Crippen LogP contribution in [0.3, 0.4) is 0 Å². The van der Waals surface area contributed by atoms with Crippen molar-refractivity contribution in [3.05, 3.63) is 47.3 Å². The second kappa shape index (κ2) is 6.00. The van der Waals surface area contributed by atoms with Crippen LogP contribution in [0.15, 0.2) is 35.9 Å². The number of halogens is 1. The van der Waals surface area contributed by atoms with Crippen LogP contribution >= 0.6 is 11.9 Å². The van der Waals surface area contributed by atoms with Gasteiger partial charge in [-0.2, -0.15) is 0 Å². The summed E-state index contributed by atoms with van der Waals surface area (Å²) < 4.78 is 15.9. The van der Waals surface area contributed by atoms with Gasteiger partial charge in [0.1, 0.15) is 0 Å². The van der Waals surface area contributed by atoms with Crippen molar-refractivity contribution in [3.63, 3.8) is 0 Å². The number of nitrogens with zero attached hydrogens (tertiary/aromatic N) is 1. The van der Waals surface area contributed by atoms with Crippen LogP contribution in [0.2, 0.25) is 0 Å². The fourth-order valence-corrected chi connectivity index (χ4v) is 2.47. The van der Waals surface area contributed by atoms with Gasteiger partial charge < -0.3 is 10.4 Å². The first kappa shape index (κ1) is 14.5. The molecule has 1 aromatic carbocycles. The van der Waals surface area contributed by atoms with Gasteiger partial charge in [-0.05, 0) is 49.4 Å². The molecule has 0 radical (unpaired) electrons. The van der Waals surface area contributed by atoms with E-state index >= 15 is 0 Å². The second-order valence-corrected chi connectivity index (χ2v) is 5.44. The van der Waals surface area contributed by atoms with E-state index < -0.39 is 11.8 Å². The highest BCUT2D eigenvalue weighted by molar-refractivity contribution is 8.03. The Balaban J connectivity index is 2.48. The number of aromatic carboxylic acids is 1. The van der Waals surface area contributed by atoms with Gasteiger partial charge in [-0.3, -0.25) is 4.31 Å². The number of hydrogen-bond donors (Lipinski definition) is 2. The third-order valence-corrected chi connectivity index (χ3v) is 3.39. The molecule has 106 valence electrons. The van der Waals surface area contributed by atoms with Gasteiger partial charge in [-0.15, -0.1) is 0 Å². The minimum Gasteiger partial charge on any atom is -0.478 e. The SMILES string of the molecule is CC(C)Nc1cc(C(=O)O)c(F)c(N2C=CC=CS2)c1. The maximum Gasteiger partial charge on any atom is 0.338 e. The molecule has 0 atom stereocenters. The molecule has 1 heterocycles. The molecule has 4 nitrogen and oxygen atoms in total. The number of carboxylic acid groups (broad SMARTS) is 1. The number of hydrogen-bond acceptors (Lipinski definition) is 4. The maximum absolute atomic E-state index is 14.3. The third kappa shape index (κ3) is 3.14. The van der Waals surface area contributed by atoms with E-state index in [2.05, 4.69) is 5.32 Å². The Morgan fingerprint density at radius 1 is 1.40 bits per heavy atom. The second-order valence-electron chi connectivity index (χ2n) is 4.56. The van der Waals surface area contributed by atoms with E-state index in [0.29, 0.717) is 5.69 Å². The van der Waals surface area contributed by atoms with E-state index in [9.17, 15) is 9.18 Å². The van der Waals surface area contributed by atoms with Crippen molar-refractivity contribution in [2.24, 2.45) is 0 Å². The Morgan fingerprint density at radius 3 is 2.70 bits per heavy atom. The van der Waals surface area contributed by atoms with Crippen molar-refractivity contribution in [1.82, 2.24) is 0 Å². The van der Waals surface area contributed by atoms with Crippen molar-refractivity contribution >= 4 is 29.3 Å². The van der Waals surface area contributed by atoms with Crippen LogP contribution in [0.4, 0.5) is 15.8 Å². The van der Waals surface area contributed by atoms with Gasteiger partial charge in [0.25, 0.3) is 0 Å². The molecule has 0 saturated heterocycles. The molecule has 0 bridgehead atoms. The molecule has 6 heteroatoms. The number of carboxylic acids is 1. The van der Waals surface area contributed by atoms with Crippen LogP contribution in [0, 0.1) is 5.82 Å². The monoisotopic (exact) mass is 294 g/mol. The number of carbonyl (C=O) groups is 1. The number of nitrogens with one attached hydrogen (secondary N) is 1. The lowest BCUT2D eigenvalue weighted by molar-refractivity contribution is 0.0692. The average molecular weight is 294 g/mol. The lowest BCUT2D eigenvalue weighted by atomic mass is 10.1. The van der Waals surface area contributed by atoms with Crippen LogP contribution in [-0.4, -0.2) is 17.1 Å². The molecule has 0 spiro atoms. The molecule has 0 saturated carbocycles. The lowest BCUT2D eigenvalue weighted by Crippen LogP contribution is -2.15. The van der Waals surface area contributed by atoms with Crippen molar-refractivity contribution in [2.75, 3.05) is 9.62 Å². The van der Waals surface area contributed by atoms with E-state index in [1.807, 2.05) is 19.9 Å². The largest absolute Gasteiger partial charge is 0.478 e. The van der Waals surface area contributed by atoms with Gasteiger partial charge in [-0.1, -0.05) is 6.08 Å². The topological polar surface area (TPSA) is 52.6 Å².